The Morgan fingerprint density at radius 2 is 1.71 bits per heavy atom. The molecule has 3 aromatic rings. The number of likely N-dealkylation sites (tertiary alicyclic amines) is 1. The van der Waals surface area contributed by atoms with Crippen LogP contribution in [0.2, 0.25) is 0 Å². The molecule has 0 unspecified atom stereocenters. The van der Waals surface area contributed by atoms with Crippen molar-refractivity contribution in [1.82, 2.24) is 29.8 Å². The Morgan fingerprint density at radius 3 is 2.32 bits per heavy atom. The van der Waals surface area contributed by atoms with Gasteiger partial charge in [0, 0.05) is 50.3 Å². The van der Waals surface area contributed by atoms with Crippen LogP contribution in [0.4, 0.5) is 19.3 Å². The number of halogens is 2. The minimum Gasteiger partial charge on any atom is -0.367 e. The SMILES string of the molecule is NS(=O)(=O)c1cc(N2CCN(C(=O)N3CCCC3)CC2)c2cnn(-c3nnc(C(F)F)s3)c2c1. The second-order valence-corrected chi connectivity index (χ2v) is 10.7. The maximum Gasteiger partial charge on any atom is 0.320 e. The molecule has 2 N–H and O–H groups in total. The van der Waals surface area contributed by atoms with E-state index in [4.69, 9.17) is 5.14 Å². The summed E-state index contributed by atoms with van der Waals surface area (Å²) in [4.78, 5) is 18.2. The van der Waals surface area contributed by atoms with Crippen molar-refractivity contribution in [3.63, 3.8) is 0 Å². The molecule has 0 aliphatic carbocycles. The van der Waals surface area contributed by atoms with Crippen LogP contribution in [-0.2, 0) is 10.0 Å². The van der Waals surface area contributed by atoms with Crippen molar-refractivity contribution in [3.05, 3.63) is 23.3 Å². The molecule has 0 spiro atoms. The lowest BCUT2D eigenvalue weighted by molar-refractivity contribution is 0.150. The number of alkyl halides is 2. The summed E-state index contributed by atoms with van der Waals surface area (Å²) >= 11 is 0.669. The molecule has 34 heavy (non-hydrogen) atoms. The molecule has 2 aromatic heterocycles. The molecule has 1 aromatic carbocycles. The quantitative estimate of drug-likeness (QED) is 0.564. The first-order valence-corrected chi connectivity index (χ1v) is 13.0. The molecule has 2 aliphatic rings. The highest BCUT2D eigenvalue weighted by molar-refractivity contribution is 7.89. The summed E-state index contributed by atoms with van der Waals surface area (Å²) < 4.78 is 51.7. The van der Waals surface area contributed by atoms with Gasteiger partial charge in [-0.2, -0.15) is 5.10 Å². The van der Waals surface area contributed by atoms with Crippen LogP contribution in [0.5, 0.6) is 0 Å². The van der Waals surface area contributed by atoms with Gasteiger partial charge in [-0.25, -0.2) is 31.8 Å². The molecule has 5 rings (SSSR count). The zero-order valence-corrected chi connectivity index (χ0v) is 19.6. The van der Waals surface area contributed by atoms with Crippen LogP contribution in [0.15, 0.2) is 23.2 Å². The number of piperazine rings is 1. The zero-order chi connectivity index (χ0) is 24.0. The van der Waals surface area contributed by atoms with Gasteiger partial charge in [-0.3, -0.25) is 0 Å². The van der Waals surface area contributed by atoms with E-state index < -0.39 is 21.5 Å². The normalized spacial score (nSPS) is 17.4. The fourth-order valence-electron chi connectivity index (χ4n) is 4.31. The molecule has 0 saturated carbocycles. The Balaban J connectivity index is 1.48. The second kappa shape index (κ2) is 8.70. The zero-order valence-electron chi connectivity index (χ0n) is 18.0. The van der Waals surface area contributed by atoms with Crippen molar-refractivity contribution < 1.29 is 22.0 Å². The highest BCUT2D eigenvalue weighted by atomic mass is 32.2. The highest BCUT2D eigenvalue weighted by Crippen LogP contribution is 2.34. The van der Waals surface area contributed by atoms with Gasteiger partial charge in [-0.1, -0.05) is 11.3 Å². The summed E-state index contributed by atoms with van der Waals surface area (Å²) in [5.41, 5.74) is 0.939. The first kappa shape index (κ1) is 22.9. The number of amides is 2. The maximum atomic E-state index is 13.0. The maximum absolute atomic E-state index is 13.0. The van der Waals surface area contributed by atoms with Crippen LogP contribution in [0, 0.1) is 0 Å². The van der Waals surface area contributed by atoms with E-state index in [9.17, 15) is 22.0 Å². The van der Waals surface area contributed by atoms with Crippen molar-refractivity contribution in [3.8, 4) is 5.13 Å². The van der Waals surface area contributed by atoms with E-state index in [0.717, 1.165) is 25.9 Å². The molecule has 15 heteroatoms. The fourth-order valence-corrected chi connectivity index (χ4v) is 5.53. The average Bonchev–Trinajstić information content (AvgIpc) is 3.57. The molecule has 0 bridgehead atoms. The van der Waals surface area contributed by atoms with Gasteiger partial charge in [0.05, 0.1) is 16.6 Å². The molecule has 2 fully saturated rings. The summed E-state index contributed by atoms with van der Waals surface area (Å²) in [6, 6.07) is 2.85. The van der Waals surface area contributed by atoms with Crippen molar-refractivity contribution in [2.24, 2.45) is 5.14 Å². The summed E-state index contributed by atoms with van der Waals surface area (Å²) in [6.07, 6.45) is 0.786. The number of primary sulfonamides is 1. The number of sulfonamides is 1. The highest BCUT2D eigenvalue weighted by Gasteiger charge is 2.29. The number of urea groups is 1. The van der Waals surface area contributed by atoms with Crippen molar-refractivity contribution in [2.75, 3.05) is 44.2 Å². The number of benzene rings is 1. The minimum absolute atomic E-state index is 0.0273. The Morgan fingerprint density at radius 1 is 1.03 bits per heavy atom. The second-order valence-electron chi connectivity index (χ2n) is 8.15. The third-order valence-corrected chi connectivity index (χ3v) is 7.83. The monoisotopic (exact) mass is 512 g/mol. The number of nitrogens with two attached hydrogens (primary N) is 1. The lowest BCUT2D eigenvalue weighted by Crippen LogP contribution is -2.52. The number of hydrogen-bond donors (Lipinski definition) is 1. The first-order valence-electron chi connectivity index (χ1n) is 10.7. The van der Waals surface area contributed by atoms with Crippen LogP contribution in [0.25, 0.3) is 16.0 Å². The van der Waals surface area contributed by atoms with E-state index in [-0.39, 0.29) is 16.1 Å². The Bertz CT molecular complexity index is 1330. The third kappa shape index (κ3) is 4.18. The summed E-state index contributed by atoms with van der Waals surface area (Å²) in [7, 11) is -4.07. The standard InChI is InChI=1S/C19H22F2N8O3S2/c20-16(21)17-24-25-18(33-17)29-15-10-12(34(22,31)32)9-14(13(15)11-23-29)26-5-7-28(8-6-26)19(30)27-3-1-2-4-27/h9-11,16H,1-8H2,(H2,22,31,32). The summed E-state index contributed by atoms with van der Waals surface area (Å²) in [5.74, 6) is 0. The van der Waals surface area contributed by atoms with Gasteiger partial charge in [0.1, 0.15) is 0 Å². The number of fused-ring (bicyclic) bond motifs is 1. The van der Waals surface area contributed by atoms with E-state index >= 15 is 0 Å². The van der Waals surface area contributed by atoms with Gasteiger partial charge in [-0.15, -0.1) is 10.2 Å². The largest absolute Gasteiger partial charge is 0.367 e. The van der Waals surface area contributed by atoms with Gasteiger partial charge >= 0.3 is 6.03 Å². The molecule has 0 atom stereocenters. The first-order chi connectivity index (χ1) is 16.2. The van der Waals surface area contributed by atoms with E-state index in [2.05, 4.69) is 15.3 Å². The van der Waals surface area contributed by atoms with Gasteiger partial charge in [0.2, 0.25) is 15.2 Å². The Hall–Kier alpha value is -2.91. The van der Waals surface area contributed by atoms with Gasteiger partial charge in [0.25, 0.3) is 6.43 Å². The fraction of sp³-hybridized carbons (Fsp3) is 0.474. The molecule has 11 nitrogen and oxygen atoms in total. The van der Waals surface area contributed by atoms with Crippen LogP contribution in [0.1, 0.15) is 24.3 Å². The average molecular weight is 513 g/mol. The van der Waals surface area contributed by atoms with Crippen molar-refractivity contribution in [2.45, 2.75) is 24.2 Å². The van der Waals surface area contributed by atoms with Gasteiger partial charge < -0.3 is 14.7 Å². The van der Waals surface area contributed by atoms with Gasteiger partial charge in [0.15, 0.2) is 5.01 Å². The molecule has 2 amide bonds. The number of anilines is 1. The van der Waals surface area contributed by atoms with Crippen LogP contribution >= 0.6 is 11.3 Å². The lowest BCUT2D eigenvalue weighted by Gasteiger charge is -2.38. The number of carbonyl (C=O) groups excluding carboxylic acids is 1. The number of nitrogens with zero attached hydrogens (tertiary/aromatic N) is 7. The number of carbonyl (C=O) groups is 1. The topological polar surface area (TPSA) is 131 Å². The Kier molecular flexibility index (Phi) is 5.85. The summed E-state index contributed by atoms with van der Waals surface area (Å²) in [5, 5.41) is 17.2. The molecular formula is C19H22F2N8O3S2. The van der Waals surface area contributed by atoms with Crippen LogP contribution in [0.3, 0.4) is 0 Å². The van der Waals surface area contributed by atoms with E-state index in [1.165, 1.54) is 23.0 Å². The predicted molar refractivity (Wildman–Crippen MR) is 121 cm³/mol. The van der Waals surface area contributed by atoms with Crippen molar-refractivity contribution >= 4 is 44.0 Å². The summed E-state index contributed by atoms with van der Waals surface area (Å²) in [6.45, 7) is 3.49. The smallest absolute Gasteiger partial charge is 0.320 e. The molecule has 4 heterocycles. The number of rotatable bonds is 4. The molecular weight excluding hydrogens is 490 g/mol. The Labute approximate surface area is 197 Å². The van der Waals surface area contributed by atoms with Crippen LogP contribution < -0.4 is 10.0 Å². The lowest BCUT2D eigenvalue weighted by atomic mass is 10.1. The van der Waals surface area contributed by atoms with E-state index in [1.54, 1.807) is 4.90 Å². The number of hydrogen-bond acceptors (Lipinski definition) is 8. The van der Waals surface area contributed by atoms with Gasteiger partial charge in [-0.05, 0) is 25.0 Å². The van der Waals surface area contributed by atoms with E-state index in [1.807, 2.05) is 9.80 Å². The number of aromatic nitrogens is 4. The van der Waals surface area contributed by atoms with E-state index in [0.29, 0.717) is 54.1 Å². The minimum atomic E-state index is -4.07. The molecule has 2 saturated heterocycles. The molecule has 0 radical (unpaired) electrons. The molecule has 2 aliphatic heterocycles. The predicted octanol–water partition coefficient (Wildman–Crippen LogP) is 1.80. The van der Waals surface area contributed by atoms with Crippen molar-refractivity contribution in [1.29, 1.82) is 0 Å². The third-order valence-electron chi connectivity index (χ3n) is 6.03. The van der Waals surface area contributed by atoms with Crippen LogP contribution in [-0.4, -0.2) is 83.5 Å². The molecule has 182 valence electrons.